The molecular formula is C6H5N3O. The van der Waals surface area contributed by atoms with Gasteiger partial charge in [0.2, 0.25) is 5.91 Å². The van der Waals surface area contributed by atoms with Crippen molar-refractivity contribution in [3.05, 3.63) is 34.2 Å². The molecule has 1 amide bonds. The van der Waals surface area contributed by atoms with Crippen LogP contribution in [-0.2, 0) is 4.79 Å². The molecule has 0 saturated carbocycles. The summed E-state index contributed by atoms with van der Waals surface area (Å²) in [6.07, 6.45) is 5.83. The van der Waals surface area contributed by atoms with E-state index in [-0.39, 0.29) is 0 Å². The highest BCUT2D eigenvalue weighted by atomic mass is 16.1. The second-order valence-electron chi connectivity index (χ2n) is 1.82. The lowest BCUT2D eigenvalue weighted by Crippen LogP contribution is -1.93. The Kier molecular flexibility index (Phi) is 1.87. The fourth-order valence-electron chi connectivity index (χ4n) is 0.711. The summed E-state index contributed by atoms with van der Waals surface area (Å²) in [7, 11) is 0. The van der Waals surface area contributed by atoms with Crippen LogP contribution in [0.4, 0.5) is 0 Å². The van der Waals surface area contributed by atoms with Crippen LogP contribution in [0.15, 0.2) is 28.9 Å². The zero-order valence-corrected chi connectivity index (χ0v) is 5.19. The first-order valence-corrected chi connectivity index (χ1v) is 2.79. The van der Waals surface area contributed by atoms with Gasteiger partial charge in [0.1, 0.15) is 0 Å². The highest BCUT2D eigenvalue weighted by Crippen LogP contribution is 2.11. The fourth-order valence-corrected chi connectivity index (χ4v) is 0.711. The molecule has 0 fully saturated rings. The molecule has 4 heteroatoms. The van der Waals surface area contributed by atoms with E-state index >= 15 is 0 Å². The van der Waals surface area contributed by atoms with Crippen LogP contribution in [0.2, 0.25) is 0 Å². The van der Waals surface area contributed by atoms with Crippen molar-refractivity contribution < 1.29 is 4.79 Å². The van der Waals surface area contributed by atoms with Crippen LogP contribution < -0.4 is 0 Å². The first kappa shape index (κ1) is 6.58. The molecule has 0 aromatic carbocycles. The SMILES string of the molecule is [N-]=[N+]=NC(=O)C1=CC=CC1. The first-order valence-electron chi connectivity index (χ1n) is 2.79. The Hall–Kier alpha value is -1.54. The molecule has 4 nitrogen and oxygen atoms in total. The summed E-state index contributed by atoms with van der Waals surface area (Å²) in [5, 5.41) is 2.94. The second kappa shape index (κ2) is 2.85. The summed E-state index contributed by atoms with van der Waals surface area (Å²) in [6, 6.07) is 0. The second-order valence-corrected chi connectivity index (χ2v) is 1.82. The van der Waals surface area contributed by atoms with Crippen LogP contribution in [0.3, 0.4) is 0 Å². The van der Waals surface area contributed by atoms with Crippen molar-refractivity contribution in [2.45, 2.75) is 6.42 Å². The van der Waals surface area contributed by atoms with E-state index in [4.69, 9.17) is 5.53 Å². The first-order chi connectivity index (χ1) is 4.84. The Bertz CT molecular complexity index is 258. The van der Waals surface area contributed by atoms with Crippen LogP contribution in [0, 0.1) is 0 Å². The van der Waals surface area contributed by atoms with Gasteiger partial charge in [0, 0.05) is 10.5 Å². The smallest absolute Gasteiger partial charge is 0.245 e. The molecule has 0 aromatic rings. The number of rotatable bonds is 1. The third-order valence-corrected chi connectivity index (χ3v) is 1.18. The van der Waals surface area contributed by atoms with Gasteiger partial charge in [-0.05, 0) is 17.1 Å². The highest BCUT2D eigenvalue weighted by Gasteiger charge is 2.06. The number of nitrogens with zero attached hydrogens (tertiary/aromatic N) is 3. The minimum atomic E-state index is -0.479. The Morgan fingerprint density at radius 1 is 1.80 bits per heavy atom. The molecule has 50 valence electrons. The lowest BCUT2D eigenvalue weighted by atomic mass is 10.2. The maximum Gasteiger partial charge on any atom is 0.245 e. The maximum absolute atomic E-state index is 10.7. The number of hydrogen-bond donors (Lipinski definition) is 0. The van der Waals surface area contributed by atoms with Crippen molar-refractivity contribution in [3.63, 3.8) is 0 Å². The van der Waals surface area contributed by atoms with E-state index in [1.54, 1.807) is 12.2 Å². The van der Waals surface area contributed by atoms with E-state index in [2.05, 4.69) is 10.0 Å². The van der Waals surface area contributed by atoms with Gasteiger partial charge >= 0.3 is 0 Å². The van der Waals surface area contributed by atoms with Crippen molar-refractivity contribution >= 4 is 5.91 Å². The molecule has 0 radical (unpaired) electrons. The molecule has 0 unspecified atom stereocenters. The fraction of sp³-hybridized carbons (Fsp3) is 0.167. The van der Waals surface area contributed by atoms with E-state index in [1.165, 1.54) is 0 Å². The average molecular weight is 135 g/mol. The molecule has 0 N–H and O–H groups in total. The van der Waals surface area contributed by atoms with Gasteiger partial charge in [-0.25, -0.2) is 0 Å². The van der Waals surface area contributed by atoms with Crippen molar-refractivity contribution in [1.29, 1.82) is 0 Å². The quantitative estimate of drug-likeness (QED) is 0.306. The van der Waals surface area contributed by atoms with Gasteiger partial charge in [0.15, 0.2) is 0 Å². The Morgan fingerprint density at radius 2 is 2.60 bits per heavy atom. The Morgan fingerprint density at radius 3 is 3.10 bits per heavy atom. The summed E-state index contributed by atoms with van der Waals surface area (Å²) < 4.78 is 0. The van der Waals surface area contributed by atoms with Gasteiger partial charge in [-0.2, -0.15) is 0 Å². The summed E-state index contributed by atoms with van der Waals surface area (Å²) in [6.45, 7) is 0. The molecule has 0 atom stereocenters. The van der Waals surface area contributed by atoms with Crippen LogP contribution >= 0.6 is 0 Å². The zero-order chi connectivity index (χ0) is 7.40. The molecule has 0 saturated heterocycles. The molecule has 10 heavy (non-hydrogen) atoms. The molecule has 0 aromatic heterocycles. The van der Waals surface area contributed by atoms with Crippen molar-refractivity contribution in [1.82, 2.24) is 0 Å². The summed E-state index contributed by atoms with van der Waals surface area (Å²) in [4.78, 5) is 13.1. The van der Waals surface area contributed by atoms with E-state index in [9.17, 15) is 4.79 Å². The van der Waals surface area contributed by atoms with Crippen LogP contribution in [-0.4, -0.2) is 5.91 Å². The van der Waals surface area contributed by atoms with Gasteiger partial charge in [0.05, 0.1) is 0 Å². The van der Waals surface area contributed by atoms with Crippen molar-refractivity contribution in [2.24, 2.45) is 5.11 Å². The summed E-state index contributed by atoms with van der Waals surface area (Å²) in [5.41, 5.74) is 8.44. The summed E-state index contributed by atoms with van der Waals surface area (Å²) in [5.74, 6) is -0.479. The average Bonchev–Trinajstić information content (AvgIpc) is 2.38. The number of carbonyl (C=O) groups is 1. The molecular weight excluding hydrogens is 130 g/mol. The Balaban J connectivity index is 2.68. The van der Waals surface area contributed by atoms with Crippen molar-refractivity contribution in [3.8, 4) is 0 Å². The van der Waals surface area contributed by atoms with Crippen LogP contribution in [0.25, 0.3) is 10.4 Å². The van der Waals surface area contributed by atoms with Gasteiger partial charge in [0.25, 0.3) is 0 Å². The standard InChI is InChI=1S/C6H5N3O/c7-9-8-6(10)5-3-1-2-4-5/h1-3H,4H2. The van der Waals surface area contributed by atoms with Gasteiger partial charge in [-0.1, -0.05) is 18.2 Å². The number of allylic oxidation sites excluding steroid dienone is 3. The van der Waals surface area contributed by atoms with Gasteiger partial charge in [-0.3, -0.25) is 4.79 Å². The van der Waals surface area contributed by atoms with Crippen molar-refractivity contribution in [2.75, 3.05) is 0 Å². The topological polar surface area (TPSA) is 65.8 Å². The van der Waals surface area contributed by atoms with E-state index in [0.29, 0.717) is 12.0 Å². The van der Waals surface area contributed by atoms with Crippen LogP contribution in [0.5, 0.6) is 0 Å². The van der Waals surface area contributed by atoms with Gasteiger partial charge < -0.3 is 0 Å². The molecule has 1 aliphatic carbocycles. The van der Waals surface area contributed by atoms with E-state index in [1.807, 2.05) is 6.08 Å². The molecule has 0 heterocycles. The monoisotopic (exact) mass is 135 g/mol. The minimum Gasteiger partial charge on any atom is -0.287 e. The highest BCUT2D eigenvalue weighted by molar-refractivity contribution is 5.95. The predicted octanol–water partition coefficient (Wildman–Crippen LogP) is 1.71. The molecule has 0 spiro atoms. The molecule has 0 bridgehead atoms. The number of amides is 1. The van der Waals surface area contributed by atoms with E-state index in [0.717, 1.165) is 0 Å². The third kappa shape index (κ3) is 1.24. The Labute approximate surface area is 57.5 Å². The normalized spacial score (nSPS) is 14.2. The number of carbonyl (C=O) groups excluding carboxylic acids is 1. The maximum atomic E-state index is 10.7. The predicted molar refractivity (Wildman–Crippen MR) is 36.0 cm³/mol. The number of azide groups is 1. The lowest BCUT2D eigenvalue weighted by molar-refractivity contribution is -0.114. The van der Waals surface area contributed by atoms with Crippen LogP contribution in [0.1, 0.15) is 6.42 Å². The lowest BCUT2D eigenvalue weighted by Gasteiger charge is -1.88. The molecule has 0 aliphatic heterocycles. The molecule has 1 aliphatic rings. The minimum absolute atomic E-state index is 0.479. The zero-order valence-electron chi connectivity index (χ0n) is 5.19. The van der Waals surface area contributed by atoms with E-state index < -0.39 is 5.91 Å². The number of hydrogen-bond acceptors (Lipinski definition) is 1. The third-order valence-electron chi connectivity index (χ3n) is 1.18. The van der Waals surface area contributed by atoms with Gasteiger partial charge in [-0.15, -0.1) is 0 Å². The largest absolute Gasteiger partial charge is 0.287 e. The molecule has 1 rings (SSSR count). The summed E-state index contributed by atoms with van der Waals surface area (Å²) >= 11 is 0.